The van der Waals surface area contributed by atoms with Gasteiger partial charge < -0.3 is 11.5 Å². The van der Waals surface area contributed by atoms with Gasteiger partial charge in [-0.25, -0.2) is 0 Å². The highest BCUT2D eigenvalue weighted by Gasteiger charge is 2.07. The van der Waals surface area contributed by atoms with E-state index in [2.05, 4.69) is 15.9 Å². The van der Waals surface area contributed by atoms with Crippen LogP contribution >= 0.6 is 15.9 Å². The van der Waals surface area contributed by atoms with Crippen LogP contribution in [0.3, 0.4) is 0 Å². The van der Waals surface area contributed by atoms with Crippen molar-refractivity contribution < 1.29 is 0 Å². The second-order valence-corrected chi connectivity index (χ2v) is 4.14. The first-order valence-electron chi connectivity index (χ1n) is 4.59. The van der Waals surface area contributed by atoms with Crippen molar-refractivity contribution in [3.8, 4) is 11.1 Å². The van der Waals surface area contributed by atoms with E-state index in [1.807, 2.05) is 42.5 Å². The van der Waals surface area contributed by atoms with Crippen molar-refractivity contribution in [2.45, 2.75) is 0 Å². The summed E-state index contributed by atoms with van der Waals surface area (Å²) in [5, 5.41) is 0. The lowest BCUT2D eigenvalue weighted by atomic mass is 10.0. The van der Waals surface area contributed by atoms with Crippen LogP contribution in [0.1, 0.15) is 0 Å². The second-order valence-electron chi connectivity index (χ2n) is 3.29. The third-order valence-corrected chi connectivity index (χ3v) is 3.01. The predicted molar refractivity (Wildman–Crippen MR) is 68.4 cm³/mol. The van der Waals surface area contributed by atoms with Crippen molar-refractivity contribution >= 4 is 27.3 Å². The van der Waals surface area contributed by atoms with Crippen LogP contribution in [-0.2, 0) is 0 Å². The molecule has 0 heterocycles. The van der Waals surface area contributed by atoms with Crippen LogP contribution in [0.2, 0.25) is 0 Å². The number of hydrogen-bond donors (Lipinski definition) is 2. The van der Waals surface area contributed by atoms with Gasteiger partial charge in [-0.15, -0.1) is 0 Å². The maximum absolute atomic E-state index is 5.96. The van der Waals surface area contributed by atoms with E-state index in [4.69, 9.17) is 11.5 Å². The van der Waals surface area contributed by atoms with E-state index in [1.54, 1.807) is 0 Å². The summed E-state index contributed by atoms with van der Waals surface area (Å²) < 4.78 is 0.833. The van der Waals surface area contributed by atoms with E-state index < -0.39 is 0 Å². The largest absolute Gasteiger partial charge is 0.397 e. The fourth-order valence-electron chi connectivity index (χ4n) is 1.48. The quantitative estimate of drug-likeness (QED) is 0.776. The highest BCUT2D eigenvalue weighted by Crippen LogP contribution is 2.34. The van der Waals surface area contributed by atoms with Crippen molar-refractivity contribution in [3.05, 3.63) is 46.9 Å². The molecule has 4 N–H and O–H groups in total. The average Bonchev–Trinajstić information content (AvgIpc) is 2.27. The van der Waals surface area contributed by atoms with Gasteiger partial charge in [-0.2, -0.15) is 0 Å². The number of anilines is 2. The summed E-state index contributed by atoms with van der Waals surface area (Å²) in [7, 11) is 0. The Morgan fingerprint density at radius 1 is 0.800 bits per heavy atom. The molecule has 0 aliphatic heterocycles. The minimum Gasteiger partial charge on any atom is -0.397 e. The Hall–Kier alpha value is -1.48. The molecule has 3 heteroatoms. The van der Waals surface area contributed by atoms with Crippen molar-refractivity contribution in [1.82, 2.24) is 0 Å². The Kier molecular flexibility index (Phi) is 2.64. The second kappa shape index (κ2) is 3.95. The molecule has 0 aliphatic carbocycles. The van der Waals surface area contributed by atoms with Gasteiger partial charge in [0.15, 0.2) is 0 Å². The number of halogens is 1. The highest BCUT2D eigenvalue weighted by molar-refractivity contribution is 9.10. The summed E-state index contributed by atoms with van der Waals surface area (Å²) in [4.78, 5) is 0. The summed E-state index contributed by atoms with van der Waals surface area (Å²) in [6, 6.07) is 13.8. The first-order valence-corrected chi connectivity index (χ1v) is 5.38. The Morgan fingerprint density at radius 3 is 2.13 bits per heavy atom. The molecule has 0 saturated heterocycles. The Bertz CT molecular complexity index is 480. The van der Waals surface area contributed by atoms with Gasteiger partial charge in [0.1, 0.15) is 0 Å². The Balaban J connectivity index is 2.60. The summed E-state index contributed by atoms with van der Waals surface area (Å²) in [5.74, 6) is 0. The minimum atomic E-state index is 0.594. The van der Waals surface area contributed by atoms with E-state index in [0.29, 0.717) is 11.4 Å². The summed E-state index contributed by atoms with van der Waals surface area (Å²) >= 11 is 3.35. The lowest BCUT2D eigenvalue weighted by Gasteiger charge is -2.09. The highest BCUT2D eigenvalue weighted by atomic mass is 79.9. The molecule has 0 aliphatic rings. The fraction of sp³-hybridized carbons (Fsp3) is 0. The van der Waals surface area contributed by atoms with Gasteiger partial charge in [-0.05, 0) is 27.6 Å². The zero-order valence-electron chi connectivity index (χ0n) is 8.07. The van der Waals surface area contributed by atoms with Crippen molar-refractivity contribution in [3.63, 3.8) is 0 Å². The van der Waals surface area contributed by atoms with Gasteiger partial charge in [-0.1, -0.05) is 36.4 Å². The molecule has 2 rings (SSSR count). The van der Waals surface area contributed by atoms with Gasteiger partial charge in [0, 0.05) is 10.0 Å². The van der Waals surface area contributed by atoms with Crippen LogP contribution in [0.4, 0.5) is 11.4 Å². The van der Waals surface area contributed by atoms with Crippen molar-refractivity contribution in [1.29, 1.82) is 0 Å². The molecule has 76 valence electrons. The molecular weight excluding hydrogens is 252 g/mol. The molecule has 0 saturated carbocycles. The van der Waals surface area contributed by atoms with Crippen LogP contribution in [0.25, 0.3) is 11.1 Å². The fourth-order valence-corrected chi connectivity index (χ4v) is 1.82. The number of nitrogen functional groups attached to an aromatic ring is 2. The maximum atomic E-state index is 5.96. The van der Waals surface area contributed by atoms with Gasteiger partial charge in [0.05, 0.1) is 11.4 Å². The average molecular weight is 263 g/mol. The van der Waals surface area contributed by atoms with Gasteiger partial charge in [0.2, 0.25) is 0 Å². The lowest BCUT2D eigenvalue weighted by Crippen LogP contribution is -1.98. The third-order valence-electron chi connectivity index (χ3n) is 2.32. The SMILES string of the molecule is Nc1c(Br)ccc(-c2ccccc2)c1N. The van der Waals surface area contributed by atoms with E-state index in [-0.39, 0.29) is 0 Å². The predicted octanol–water partition coefficient (Wildman–Crippen LogP) is 3.28. The molecular formula is C12H11BrN2. The molecule has 0 atom stereocenters. The molecule has 0 fully saturated rings. The Morgan fingerprint density at radius 2 is 1.47 bits per heavy atom. The van der Waals surface area contributed by atoms with Gasteiger partial charge in [0.25, 0.3) is 0 Å². The zero-order chi connectivity index (χ0) is 10.8. The number of rotatable bonds is 1. The zero-order valence-corrected chi connectivity index (χ0v) is 9.66. The third kappa shape index (κ3) is 1.83. The summed E-state index contributed by atoms with van der Waals surface area (Å²) in [6.07, 6.45) is 0. The van der Waals surface area contributed by atoms with E-state index in [9.17, 15) is 0 Å². The van der Waals surface area contributed by atoms with Crippen molar-refractivity contribution in [2.24, 2.45) is 0 Å². The minimum absolute atomic E-state index is 0.594. The first kappa shape index (κ1) is 10.1. The van der Waals surface area contributed by atoms with Crippen LogP contribution in [0, 0.1) is 0 Å². The van der Waals surface area contributed by atoms with Crippen LogP contribution in [-0.4, -0.2) is 0 Å². The molecule has 0 bridgehead atoms. The van der Waals surface area contributed by atoms with Crippen LogP contribution in [0.15, 0.2) is 46.9 Å². The number of hydrogen-bond acceptors (Lipinski definition) is 2. The molecule has 0 aromatic heterocycles. The number of benzene rings is 2. The molecule has 0 unspecified atom stereocenters. The maximum Gasteiger partial charge on any atom is 0.0698 e. The first-order chi connectivity index (χ1) is 7.20. The van der Waals surface area contributed by atoms with E-state index >= 15 is 0 Å². The lowest BCUT2D eigenvalue weighted by molar-refractivity contribution is 1.58. The molecule has 15 heavy (non-hydrogen) atoms. The summed E-state index contributed by atoms with van der Waals surface area (Å²) in [5.41, 5.74) is 15.1. The monoisotopic (exact) mass is 262 g/mol. The van der Waals surface area contributed by atoms with E-state index in [1.165, 1.54) is 0 Å². The smallest absolute Gasteiger partial charge is 0.0698 e. The van der Waals surface area contributed by atoms with Crippen molar-refractivity contribution in [2.75, 3.05) is 11.5 Å². The molecule has 2 nitrogen and oxygen atoms in total. The molecule has 0 amide bonds. The normalized spacial score (nSPS) is 10.2. The van der Waals surface area contributed by atoms with Gasteiger partial charge in [-0.3, -0.25) is 0 Å². The summed E-state index contributed by atoms with van der Waals surface area (Å²) in [6.45, 7) is 0. The van der Waals surface area contributed by atoms with E-state index in [0.717, 1.165) is 15.6 Å². The molecule has 0 spiro atoms. The van der Waals surface area contributed by atoms with Gasteiger partial charge >= 0.3 is 0 Å². The standard InChI is InChI=1S/C12H11BrN2/c13-10-7-6-9(11(14)12(10)15)8-4-2-1-3-5-8/h1-7H,14-15H2. The molecule has 0 radical (unpaired) electrons. The van der Waals surface area contributed by atoms with Crippen LogP contribution < -0.4 is 11.5 Å². The topological polar surface area (TPSA) is 52.0 Å². The molecule has 2 aromatic rings. The Labute approximate surface area is 97.0 Å². The van der Waals surface area contributed by atoms with Crippen LogP contribution in [0.5, 0.6) is 0 Å². The molecule has 2 aromatic carbocycles. The number of nitrogens with two attached hydrogens (primary N) is 2.